The van der Waals surface area contributed by atoms with Gasteiger partial charge in [-0.05, 0) is 30.9 Å². The highest BCUT2D eigenvalue weighted by Gasteiger charge is 2.15. The van der Waals surface area contributed by atoms with Crippen LogP contribution in [0, 0.1) is 6.92 Å². The molecule has 1 aliphatic rings. The molecule has 1 atom stereocenters. The standard InChI is InChI=1S/C18H22N4O2/c1-13-5-2-3-6-14(13)9-22-18(23)16-11-21-17(12-19-16)20-10-15-7-4-8-24-15/h2-3,5-6,11-12,15H,4,7-10H2,1H3,(H,20,21)(H,22,23). The smallest absolute Gasteiger partial charge is 0.271 e. The van der Waals surface area contributed by atoms with Crippen molar-refractivity contribution in [1.29, 1.82) is 0 Å². The van der Waals surface area contributed by atoms with Crippen molar-refractivity contribution < 1.29 is 9.53 Å². The Balaban J connectivity index is 1.50. The molecule has 2 aromatic rings. The molecule has 1 fully saturated rings. The fourth-order valence-corrected chi connectivity index (χ4v) is 2.63. The Labute approximate surface area is 141 Å². The number of hydrogen-bond donors (Lipinski definition) is 2. The number of aryl methyl sites for hydroxylation is 1. The summed E-state index contributed by atoms with van der Waals surface area (Å²) in [5.41, 5.74) is 2.55. The molecule has 1 aliphatic heterocycles. The van der Waals surface area contributed by atoms with Gasteiger partial charge < -0.3 is 15.4 Å². The number of aromatic nitrogens is 2. The fourth-order valence-electron chi connectivity index (χ4n) is 2.63. The molecule has 24 heavy (non-hydrogen) atoms. The molecule has 0 bridgehead atoms. The number of benzene rings is 1. The van der Waals surface area contributed by atoms with Gasteiger partial charge in [-0.25, -0.2) is 9.97 Å². The monoisotopic (exact) mass is 326 g/mol. The highest BCUT2D eigenvalue weighted by molar-refractivity contribution is 5.91. The van der Waals surface area contributed by atoms with Gasteiger partial charge in [0.25, 0.3) is 5.91 Å². The maximum absolute atomic E-state index is 12.2. The first kappa shape index (κ1) is 16.4. The van der Waals surface area contributed by atoms with E-state index in [2.05, 4.69) is 20.6 Å². The second kappa shape index (κ2) is 7.88. The van der Waals surface area contributed by atoms with Crippen molar-refractivity contribution in [3.8, 4) is 0 Å². The van der Waals surface area contributed by atoms with Crippen LogP contribution in [0.3, 0.4) is 0 Å². The van der Waals surface area contributed by atoms with E-state index in [0.29, 0.717) is 24.6 Å². The van der Waals surface area contributed by atoms with Gasteiger partial charge >= 0.3 is 0 Å². The molecular weight excluding hydrogens is 304 g/mol. The minimum atomic E-state index is -0.226. The van der Waals surface area contributed by atoms with Gasteiger partial charge in [-0.15, -0.1) is 0 Å². The van der Waals surface area contributed by atoms with Gasteiger partial charge in [0.1, 0.15) is 11.5 Å². The lowest BCUT2D eigenvalue weighted by Gasteiger charge is -2.11. The van der Waals surface area contributed by atoms with Crippen LogP contribution in [0.5, 0.6) is 0 Å². The molecule has 1 aromatic carbocycles. The maximum atomic E-state index is 12.2. The third kappa shape index (κ3) is 4.29. The van der Waals surface area contributed by atoms with Crippen LogP contribution in [0.4, 0.5) is 5.82 Å². The van der Waals surface area contributed by atoms with E-state index in [1.807, 2.05) is 31.2 Å². The van der Waals surface area contributed by atoms with Crippen LogP contribution in [0.25, 0.3) is 0 Å². The summed E-state index contributed by atoms with van der Waals surface area (Å²) in [5, 5.41) is 6.06. The van der Waals surface area contributed by atoms with Crippen LogP contribution in [-0.2, 0) is 11.3 Å². The number of carbonyl (C=O) groups excluding carboxylic acids is 1. The van der Waals surface area contributed by atoms with Crippen LogP contribution in [0.2, 0.25) is 0 Å². The van der Waals surface area contributed by atoms with E-state index < -0.39 is 0 Å². The van der Waals surface area contributed by atoms with Crippen LogP contribution in [-0.4, -0.2) is 35.1 Å². The van der Waals surface area contributed by atoms with Gasteiger partial charge in [0, 0.05) is 19.7 Å². The van der Waals surface area contributed by atoms with E-state index in [1.165, 1.54) is 6.20 Å². The highest BCUT2D eigenvalue weighted by atomic mass is 16.5. The summed E-state index contributed by atoms with van der Waals surface area (Å²) in [6.45, 7) is 4.05. The predicted molar refractivity (Wildman–Crippen MR) is 91.8 cm³/mol. The normalized spacial score (nSPS) is 16.8. The van der Waals surface area contributed by atoms with Crippen molar-refractivity contribution in [2.75, 3.05) is 18.5 Å². The fraction of sp³-hybridized carbons (Fsp3) is 0.389. The molecule has 6 heteroatoms. The van der Waals surface area contributed by atoms with E-state index in [0.717, 1.165) is 30.6 Å². The largest absolute Gasteiger partial charge is 0.376 e. The predicted octanol–water partition coefficient (Wildman–Crippen LogP) is 2.31. The molecule has 2 N–H and O–H groups in total. The van der Waals surface area contributed by atoms with Gasteiger partial charge in [0.2, 0.25) is 0 Å². The zero-order valence-electron chi connectivity index (χ0n) is 13.8. The molecule has 0 saturated carbocycles. The Morgan fingerprint density at radius 2 is 2.17 bits per heavy atom. The van der Waals surface area contributed by atoms with Crippen LogP contribution in [0.15, 0.2) is 36.7 Å². The Kier molecular flexibility index (Phi) is 5.38. The summed E-state index contributed by atoms with van der Waals surface area (Å²) in [6.07, 6.45) is 5.49. The Morgan fingerprint density at radius 3 is 2.88 bits per heavy atom. The molecule has 1 saturated heterocycles. The molecule has 1 unspecified atom stereocenters. The Hall–Kier alpha value is -2.47. The van der Waals surface area contributed by atoms with E-state index in [-0.39, 0.29) is 12.0 Å². The third-order valence-corrected chi connectivity index (χ3v) is 4.12. The molecular formula is C18H22N4O2. The van der Waals surface area contributed by atoms with Gasteiger partial charge in [0.05, 0.1) is 18.5 Å². The van der Waals surface area contributed by atoms with E-state index in [1.54, 1.807) is 6.20 Å². The summed E-state index contributed by atoms with van der Waals surface area (Å²) in [6, 6.07) is 7.96. The minimum absolute atomic E-state index is 0.226. The van der Waals surface area contributed by atoms with Crippen molar-refractivity contribution >= 4 is 11.7 Å². The molecule has 1 amide bonds. The first-order chi connectivity index (χ1) is 11.7. The summed E-state index contributed by atoms with van der Waals surface area (Å²) >= 11 is 0. The second-order valence-electron chi connectivity index (χ2n) is 5.91. The molecule has 0 spiro atoms. The molecule has 3 rings (SSSR count). The maximum Gasteiger partial charge on any atom is 0.271 e. The van der Waals surface area contributed by atoms with Crippen LogP contribution < -0.4 is 10.6 Å². The number of carbonyl (C=O) groups is 1. The van der Waals surface area contributed by atoms with E-state index in [9.17, 15) is 4.79 Å². The number of nitrogens with one attached hydrogen (secondary N) is 2. The van der Waals surface area contributed by atoms with Gasteiger partial charge in [-0.3, -0.25) is 4.79 Å². The highest BCUT2D eigenvalue weighted by Crippen LogP contribution is 2.12. The van der Waals surface area contributed by atoms with Crippen molar-refractivity contribution in [3.63, 3.8) is 0 Å². The third-order valence-electron chi connectivity index (χ3n) is 4.12. The lowest BCUT2D eigenvalue weighted by atomic mass is 10.1. The number of anilines is 1. The molecule has 2 heterocycles. The minimum Gasteiger partial charge on any atom is -0.376 e. The first-order valence-corrected chi connectivity index (χ1v) is 8.22. The average molecular weight is 326 g/mol. The van der Waals surface area contributed by atoms with Crippen LogP contribution in [0.1, 0.15) is 34.5 Å². The lowest BCUT2D eigenvalue weighted by molar-refractivity contribution is 0.0945. The average Bonchev–Trinajstić information content (AvgIpc) is 3.13. The number of ether oxygens (including phenoxy) is 1. The quantitative estimate of drug-likeness (QED) is 0.852. The second-order valence-corrected chi connectivity index (χ2v) is 5.91. The van der Waals surface area contributed by atoms with Crippen LogP contribution >= 0.6 is 0 Å². The Morgan fingerprint density at radius 1 is 1.29 bits per heavy atom. The number of hydrogen-bond acceptors (Lipinski definition) is 5. The zero-order chi connectivity index (χ0) is 16.8. The lowest BCUT2D eigenvalue weighted by Crippen LogP contribution is -2.24. The first-order valence-electron chi connectivity index (χ1n) is 8.22. The summed E-state index contributed by atoms with van der Waals surface area (Å²) in [5.74, 6) is 0.428. The van der Waals surface area contributed by atoms with E-state index in [4.69, 9.17) is 4.74 Å². The summed E-state index contributed by atoms with van der Waals surface area (Å²) < 4.78 is 5.55. The number of rotatable bonds is 6. The van der Waals surface area contributed by atoms with Gasteiger partial charge in [-0.1, -0.05) is 24.3 Å². The topological polar surface area (TPSA) is 76.1 Å². The summed E-state index contributed by atoms with van der Waals surface area (Å²) in [7, 11) is 0. The SMILES string of the molecule is Cc1ccccc1CNC(=O)c1cnc(NCC2CCCO2)cn1. The molecule has 0 aliphatic carbocycles. The van der Waals surface area contributed by atoms with Crippen molar-refractivity contribution in [3.05, 3.63) is 53.5 Å². The Bertz CT molecular complexity index is 682. The molecule has 1 aromatic heterocycles. The number of nitrogens with zero attached hydrogens (tertiary/aromatic N) is 2. The molecule has 6 nitrogen and oxygen atoms in total. The number of amides is 1. The van der Waals surface area contributed by atoms with Crippen molar-refractivity contribution in [1.82, 2.24) is 15.3 Å². The molecule has 126 valence electrons. The van der Waals surface area contributed by atoms with Gasteiger partial charge in [0.15, 0.2) is 0 Å². The molecule has 0 radical (unpaired) electrons. The van der Waals surface area contributed by atoms with E-state index >= 15 is 0 Å². The van der Waals surface area contributed by atoms with Crippen molar-refractivity contribution in [2.24, 2.45) is 0 Å². The zero-order valence-corrected chi connectivity index (χ0v) is 13.8. The van der Waals surface area contributed by atoms with Crippen molar-refractivity contribution in [2.45, 2.75) is 32.4 Å². The van der Waals surface area contributed by atoms with Gasteiger partial charge in [-0.2, -0.15) is 0 Å². The summed E-state index contributed by atoms with van der Waals surface area (Å²) in [4.78, 5) is 20.6.